The molecule has 1 saturated carbocycles. The zero-order valence-corrected chi connectivity index (χ0v) is 12.8. The van der Waals surface area contributed by atoms with Crippen LogP contribution in [0.2, 0.25) is 0 Å². The highest BCUT2D eigenvalue weighted by Gasteiger charge is 2.29. The second-order valence-electron chi connectivity index (χ2n) is 5.17. The van der Waals surface area contributed by atoms with E-state index in [0.717, 1.165) is 23.2 Å². The summed E-state index contributed by atoms with van der Waals surface area (Å²) in [5, 5.41) is 1.05. The first kappa shape index (κ1) is 14.1. The molecule has 21 heavy (non-hydrogen) atoms. The zero-order chi connectivity index (χ0) is 15.1. The van der Waals surface area contributed by atoms with Gasteiger partial charge in [0.2, 0.25) is 0 Å². The van der Waals surface area contributed by atoms with Crippen molar-refractivity contribution in [1.29, 1.82) is 0 Å². The molecular formula is C14H16N4O2S. The summed E-state index contributed by atoms with van der Waals surface area (Å²) in [5.74, 6) is 1.75. The van der Waals surface area contributed by atoms with Gasteiger partial charge >= 0.3 is 5.69 Å². The zero-order valence-electron chi connectivity index (χ0n) is 12.0. The van der Waals surface area contributed by atoms with Gasteiger partial charge in [-0.1, -0.05) is 6.08 Å². The van der Waals surface area contributed by atoms with E-state index in [4.69, 9.17) is 0 Å². The second kappa shape index (κ2) is 5.14. The Morgan fingerprint density at radius 3 is 2.62 bits per heavy atom. The fraction of sp³-hybridized carbons (Fsp3) is 0.429. The maximum atomic E-state index is 12.4. The van der Waals surface area contributed by atoms with E-state index in [-0.39, 0.29) is 11.2 Å². The molecule has 110 valence electrons. The van der Waals surface area contributed by atoms with Gasteiger partial charge in [-0.15, -0.1) is 18.3 Å². The first-order chi connectivity index (χ1) is 10.0. The Morgan fingerprint density at radius 2 is 2.00 bits per heavy atom. The maximum Gasteiger partial charge on any atom is 0.332 e. The van der Waals surface area contributed by atoms with Gasteiger partial charge in [-0.3, -0.25) is 13.9 Å². The monoisotopic (exact) mass is 304 g/mol. The number of aromatic nitrogens is 4. The number of thioether (sulfide) groups is 1. The van der Waals surface area contributed by atoms with Crippen LogP contribution in [0.4, 0.5) is 0 Å². The largest absolute Gasteiger partial charge is 0.332 e. The molecular weight excluding hydrogens is 288 g/mol. The van der Waals surface area contributed by atoms with E-state index in [1.54, 1.807) is 13.1 Å². The smallest absolute Gasteiger partial charge is 0.280 e. The van der Waals surface area contributed by atoms with Gasteiger partial charge in [0.15, 0.2) is 5.65 Å². The van der Waals surface area contributed by atoms with Crippen LogP contribution >= 0.6 is 11.8 Å². The molecule has 0 saturated heterocycles. The van der Waals surface area contributed by atoms with Crippen LogP contribution in [-0.4, -0.2) is 24.9 Å². The molecule has 0 radical (unpaired) electrons. The highest BCUT2D eigenvalue weighted by Crippen LogP contribution is 2.39. The maximum absolute atomic E-state index is 12.4. The average Bonchev–Trinajstić information content (AvgIpc) is 3.32. The van der Waals surface area contributed by atoms with E-state index in [1.165, 1.54) is 23.4 Å². The van der Waals surface area contributed by atoms with Gasteiger partial charge in [-0.2, -0.15) is 0 Å². The lowest BCUT2D eigenvalue weighted by Crippen LogP contribution is -2.37. The topological polar surface area (TPSA) is 69.8 Å². The van der Waals surface area contributed by atoms with Gasteiger partial charge in [0.25, 0.3) is 5.56 Å². The first-order valence-corrected chi connectivity index (χ1v) is 7.74. The van der Waals surface area contributed by atoms with Crippen molar-refractivity contribution in [1.82, 2.24) is 19.1 Å². The lowest BCUT2D eigenvalue weighted by atomic mass is 10.3. The Morgan fingerprint density at radius 1 is 1.29 bits per heavy atom. The molecule has 1 aliphatic rings. The molecule has 7 heteroatoms. The fourth-order valence-electron chi connectivity index (χ4n) is 2.21. The van der Waals surface area contributed by atoms with Crippen LogP contribution in [0.15, 0.2) is 27.3 Å². The van der Waals surface area contributed by atoms with E-state index < -0.39 is 0 Å². The molecule has 0 aliphatic heterocycles. The first-order valence-electron chi connectivity index (χ1n) is 6.76. The summed E-state index contributed by atoms with van der Waals surface area (Å²) < 4.78 is 2.52. The molecule has 0 spiro atoms. The Bertz CT molecular complexity index is 849. The van der Waals surface area contributed by atoms with Crippen LogP contribution in [0.3, 0.4) is 0 Å². The standard InChI is InChI=1S/C14H16N4O2S/c1-4-7-21-12-9-11(15-10(16-12)8-5-6-8)17(2)14(20)18(3)13(9)19/h4,8H,1,5-7H2,2-3H3. The summed E-state index contributed by atoms with van der Waals surface area (Å²) in [6, 6.07) is 0. The van der Waals surface area contributed by atoms with Crippen LogP contribution < -0.4 is 11.2 Å². The summed E-state index contributed by atoms with van der Waals surface area (Å²) >= 11 is 1.45. The normalized spacial score (nSPS) is 14.6. The molecule has 2 aromatic rings. The van der Waals surface area contributed by atoms with Crippen LogP contribution in [0.1, 0.15) is 24.6 Å². The number of hydrogen-bond acceptors (Lipinski definition) is 5. The number of rotatable bonds is 4. The van der Waals surface area contributed by atoms with E-state index >= 15 is 0 Å². The van der Waals surface area contributed by atoms with Crippen LogP contribution in [-0.2, 0) is 14.1 Å². The van der Waals surface area contributed by atoms with Crippen molar-refractivity contribution in [2.45, 2.75) is 23.8 Å². The lowest BCUT2D eigenvalue weighted by Gasteiger charge is -2.11. The SMILES string of the molecule is C=CCSc1nc(C2CC2)nc2c1c(=O)n(C)c(=O)n2C. The average molecular weight is 304 g/mol. The predicted molar refractivity (Wildman–Crippen MR) is 82.9 cm³/mol. The Balaban J connectivity index is 2.38. The summed E-state index contributed by atoms with van der Waals surface area (Å²) in [5.41, 5.74) is -0.291. The van der Waals surface area contributed by atoms with Gasteiger partial charge in [0.05, 0.1) is 0 Å². The van der Waals surface area contributed by atoms with Crippen LogP contribution in [0.25, 0.3) is 11.0 Å². The molecule has 0 unspecified atom stereocenters. The minimum Gasteiger partial charge on any atom is -0.280 e. The molecule has 3 rings (SSSR count). The molecule has 0 bridgehead atoms. The van der Waals surface area contributed by atoms with Crippen molar-refractivity contribution in [2.75, 3.05) is 5.75 Å². The summed E-state index contributed by atoms with van der Waals surface area (Å²) in [4.78, 5) is 33.5. The Kier molecular flexibility index (Phi) is 3.44. The van der Waals surface area contributed by atoms with Gasteiger partial charge in [0, 0.05) is 25.8 Å². The van der Waals surface area contributed by atoms with Gasteiger partial charge in [-0.05, 0) is 12.8 Å². The Labute approximate surface area is 125 Å². The number of aryl methyl sites for hydroxylation is 1. The van der Waals surface area contributed by atoms with Crippen molar-refractivity contribution < 1.29 is 0 Å². The minimum atomic E-state index is -0.368. The third kappa shape index (κ3) is 2.31. The lowest BCUT2D eigenvalue weighted by molar-refractivity contribution is 0.698. The molecule has 1 fully saturated rings. The molecule has 0 amide bonds. The van der Waals surface area contributed by atoms with Crippen molar-refractivity contribution in [3.8, 4) is 0 Å². The number of fused-ring (bicyclic) bond motifs is 1. The molecule has 0 aromatic carbocycles. The summed E-state index contributed by atoms with van der Waals surface area (Å²) in [7, 11) is 3.11. The number of hydrogen-bond donors (Lipinski definition) is 0. The molecule has 2 aromatic heterocycles. The summed E-state index contributed by atoms with van der Waals surface area (Å²) in [6.45, 7) is 3.69. The summed E-state index contributed by atoms with van der Waals surface area (Å²) in [6.07, 6.45) is 3.90. The highest BCUT2D eigenvalue weighted by atomic mass is 32.2. The van der Waals surface area contributed by atoms with E-state index in [0.29, 0.717) is 27.7 Å². The Hall–Kier alpha value is -1.89. The van der Waals surface area contributed by atoms with Gasteiger partial charge in [0.1, 0.15) is 16.2 Å². The second-order valence-corrected chi connectivity index (χ2v) is 6.17. The third-order valence-electron chi connectivity index (χ3n) is 3.56. The van der Waals surface area contributed by atoms with Crippen molar-refractivity contribution >= 4 is 22.8 Å². The van der Waals surface area contributed by atoms with Crippen molar-refractivity contribution in [2.24, 2.45) is 14.1 Å². The van der Waals surface area contributed by atoms with E-state index in [9.17, 15) is 9.59 Å². The van der Waals surface area contributed by atoms with E-state index in [1.807, 2.05) is 0 Å². The highest BCUT2D eigenvalue weighted by molar-refractivity contribution is 7.99. The minimum absolute atomic E-state index is 0.345. The van der Waals surface area contributed by atoms with Crippen LogP contribution in [0.5, 0.6) is 0 Å². The quantitative estimate of drug-likeness (QED) is 0.482. The van der Waals surface area contributed by atoms with Gasteiger partial charge < -0.3 is 0 Å². The predicted octanol–water partition coefficient (Wildman–Crippen LogP) is 1.18. The fourth-order valence-corrected chi connectivity index (χ4v) is 2.97. The van der Waals surface area contributed by atoms with Gasteiger partial charge in [-0.25, -0.2) is 14.8 Å². The molecule has 2 heterocycles. The van der Waals surface area contributed by atoms with Crippen molar-refractivity contribution in [3.05, 3.63) is 39.3 Å². The van der Waals surface area contributed by atoms with Crippen molar-refractivity contribution in [3.63, 3.8) is 0 Å². The third-order valence-corrected chi connectivity index (χ3v) is 4.54. The number of nitrogens with zero attached hydrogens (tertiary/aromatic N) is 4. The molecule has 1 aliphatic carbocycles. The van der Waals surface area contributed by atoms with Crippen LogP contribution in [0, 0.1) is 0 Å². The van der Waals surface area contributed by atoms with E-state index in [2.05, 4.69) is 16.5 Å². The molecule has 6 nitrogen and oxygen atoms in total. The molecule has 0 atom stereocenters. The molecule has 0 N–H and O–H groups in total.